The van der Waals surface area contributed by atoms with Crippen LogP contribution in [0.25, 0.3) is 0 Å². The first-order chi connectivity index (χ1) is 20.2. The minimum absolute atomic E-state index is 0.119. The number of fused-ring (bicyclic) bond motifs is 1. The number of nitrogens with one attached hydrogen (secondary N) is 1. The Balaban J connectivity index is 1.31. The lowest BCUT2D eigenvalue weighted by Crippen LogP contribution is -2.51. The summed E-state index contributed by atoms with van der Waals surface area (Å²) < 4.78 is 66.7. The number of rotatable bonds is 7. The van der Waals surface area contributed by atoms with Crippen LogP contribution in [0.15, 0.2) is 60.7 Å². The molecule has 0 aliphatic carbocycles. The van der Waals surface area contributed by atoms with Crippen LogP contribution >= 0.6 is 0 Å². The zero-order valence-electron chi connectivity index (χ0n) is 24.2. The van der Waals surface area contributed by atoms with Crippen molar-refractivity contribution in [3.05, 3.63) is 94.6 Å². The molecule has 2 atom stereocenters. The molecule has 4 nitrogen and oxygen atoms in total. The van der Waals surface area contributed by atoms with Crippen molar-refractivity contribution in [1.82, 2.24) is 10.2 Å². The number of benzene rings is 3. The Kier molecular flexibility index (Phi) is 8.20. The number of nitrogens with zero attached hydrogens (tertiary/aromatic N) is 2. The fraction of sp³-hybridized carbons (Fsp3) is 0.471. The molecule has 0 amide bonds. The molecule has 6 rings (SSSR count). The second kappa shape index (κ2) is 11.9. The fourth-order valence-electron chi connectivity index (χ4n) is 7.17. The number of hydrogen-bond acceptors (Lipinski definition) is 4. The van der Waals surface area contributed by atoms with E-state index in [1.165, 1.54) is 17.0 Å². The molecule has 2 saturated heterocycles. The summed E-state index contributed by atoms with van der Waals surface area (Å²) in [6, 6.07) is 17.0. The Bertz CT molecular complexity index is 1360. The summed E-state index contributed by atoms with van der Waals surface area (Å²) in [5.74, 6) is -3.77. The molecule has 1 N–H and O–H groups in total. The van der Waals surface area contributed by atoms with Gasteiger partial charge in [-0.3, -0.25) is 4.90 Å². The third-order valence-corrected chi connectivity index (χ3v) is 9.10. The molecule has 3 aliphatic heterocycles. The molecule has 1 spiro atoms. The highest BCUT2D eigenvalue weighted by Crippen LogP contribution is 2.43. The summed E-state index contributed by atoms with van der Waals surface area (Å²) in [5.41, 5.74) is 2.97. The van der Waals surface area contributed by atoms with Crippen molar-refractivity contribution in [2.75, 3.05) is 44.2 Å². The van der Waals surface area contributed by atoms with Gasteiger partial charge < -0.3 is 15.0 Å². The van der Waals surface area contributed by atoms with Crippen LogP contribution in [0.4, 0.5) is 23.2 Å². The molecule has 8 heteroatoms. The van der Waals surface area contributed by atoms with Gasteiger partial charge in [0.2, 0.25) is 0 Å². The van der Waals surface area contributed by atoms with Crippen molar-refractivity contribution in [3.8, 4) is 5.75 Å². The van der Waals surface area contributed by atoms with Crippen LogP contribution < -0.4 is 15.0 Å². The molecule has 2 unspecified atom stereocenters. The average molecular weight is 582 g/mol. The van der Waals surface area contributed by atoms with Gasteiger partial charge in [-0.2, -0.15) is 0 Å². The molecular weight excluding hydrogens is 542 g/mol. The van der Waals surface area contributed by atoms with Gasteiger partial charge in [-0.1, -0.05) is 36.4 Å². The molecule has 3 aliphatic rings. The number of piperidine rings is 2. The Morgan fingerprint density at radius 2 is 1.74 bits per heavy atom. The second-order valence-corrected chi connectivity index (χ2v) is 12.5. The summed E-state index contributed by atoms with van der Waals surface area (Å²) >= 11 is 0. The maximum Gasteiger partial charge on any atom is 0.257 e. The lowest BCUT2D eigenvalue weighted by molar-refractivity contribution is -0.0245. The maximum atomic E-state index is 16.1. The predicted molar refractivity (Wildman–Crippen MR) is 157 cm³/mol. The maximum absolute atomic E-state index is 16.1. The van der Waals surface area contributed by atoms with Crippen molar-refractivity contribution in [2.24, 2.45) is 5.41 Å². The summed E-state index contributed by atoms with van der Waals surface area (Å²) in [4.78, 5) is 3.60. The number of halogens is 4. The van der Waals surface area contributed by atoms with Gasteiger partial charge in [0.15, 0.2) is 0 Å². The van der Waals surface area contributed by atoms with Gasteiger partial charge in [0, 0.05) is 49.8 Å². The summed E-state index contributed by atoms with van der Waals surface area (Å²) in [6.45, 7) is 4.32. The van der Waals surface area contributed by atoms with Crippen LogP contribution in [0.5, 0.6) is 5.75 Å². The van der Waals surface area contributed by atoms with Gasteiger partial charge in [-0.05, 0) is 79.6 Å². The molecule has 0 radical (unpaired) electrons. The topological polar surface area (TPSA) is 27.7 Å². The highest BCUT2D eigenvalue weighted by Gasteiger charge is 2.39. The Morgan fingerprint density at radius 3 is 2.45 bits per heavy atom. The first kappa shape index (κ1) is 29.0. The largest absolute Gasteiger partial charge is 0.489 e. The number of ether oxygens (including phenoxy) is 1. The second-order valence-electron chi connectivity index (χ2n) is 12.5. The molecule has 3 heterocycles. The number of anilines is 1. The molecule has 224 valence electrons. The van der Waals surface area contributed by atoms with E-state index >= 15 is 8.78 Å². The smallest absolute Gasteiger partial charge is 0.257 e. The molecule has 2 fully saturated rings. The van der Waals surface area contributed by atoms with Gasteiger partial charge in [0.1, 0.15) is 24.0 Å². The first-order valence-electron chi connectivity index (χ1n) is 15.1. The monoisotopic (exact) mass is 581 g/mol. The Labute approximate surface area is 245 Å². The van der Waals surface area contributed by atoms with Crippen molar-refractivity contribution in [2.45, 2.75) is 57.6 Å². The third-order valence-electron chi connectivity index (χ3n) is 9.10. The van der Waals surface area contributed by atoms with E-state index in [2.05, 4.69) is 10.2 Å². The minimum Gasteiger partial charge on any atom is -0.489 e. The Hall–Kier alpha value is -3.10. The van der Waals surface area contributed by atoms with Gasteiger partial charge in [0.25, 0.3) is 5.92 Å². The molecule has 3 aromatic rings. The fourth-order valence-corrected chi connectivity index (χ4v) is 7.17. The van der Waals surface area contributed by atoms with E-state index in [1.807, 2.05) is 36.4 Å². The van der Waals surface area contributed by atoms with E-state index < -0.39 is 30.1 Å². The zero-order valence-corrected chi connectivity index (χ0v) is 24.2. The van der Waals surface area contributed by atoms with Crippen molar-refractivity contribution in [3.63, 3.8) is 0 Å². The van der Waals surface area contributed by atoms with Crippen molar-refractivity contribution < 1.29 is 22.3 Å². The van der Waals surface area contributed by atoms with Gasteiger partial charge in [0.05, 0.1) is 12.6 Å². The van der Waals surface area contributed by atoms with E-state index in [1.54, 1.807) is 12.1 Å². The molecule has 0 saturated carbocycles. The molecule has 0 bridgehead atoms. The normalized spacial score (nSPS) is 23.2. The van der Waals surface area contributed by atoms with Crippen LogP contribution in [0.1, 0.15) is 60.9 Å². The highest BCUT2D eigenvalue weighted by atomic mass is 19.3. The van der Waals surface area contributed by atoms with E-state index in [-0.39, 0.29) is 17.5 Å². The zero-order chi connectivity index (χ0) is 29.3. The van der Waals surface area contributed by atoms with Gasteiger partial charge in [-0.25, -0.2) is 17.6 Å². The van der Waals surface area contributed by atoms with E-state index in [0.29, 0.717) is 30.0 Å². The van der Waals surface area contributed by atoms with E-state index in [0.717, 1.165) is 69.9 Å². The van der Waals surface area contributed by atoms with Crippen LogP contribution in [-0.2, 0) is 13.0 Å². The number of hydrogen-bond donors (Lipinski definition) is 1. The molecule has 42 heavy (non-hydrogen) atoms. The van der Waals surface area contributed by atoms with Crippen molar-refractivity contribution in [1.29, 1.82) is 0 Å². The lowest BCUT2D eigenvalue weighted by Gasteiger charge is -2.46. The summed E-state index contributed by atoms with van der Waals surface area (Å²) in [6.07, 6.45) is 4.77. The van der Waals surface area contributed by atoms with Crippen LogP contribution in [0.3, 0.4) is 0 Å². The summed E-state index contributed by atoms with van der Waals surface area (Å²) in [5, 5.41) is 3.49. The van der Waals surface area contributed by atoms with E-state index in [4.69, 9.17) is 4.74 Å². The minimum atomic E-state index is -3.02. The Morgan fingerprint density at radius 1 is 0.976 bits per heavy atom. The van der Waals surface area contributed by atoms with Crippen LogP contribution in [-0.4, -0.2) is 50.1 Å². The highest BCUT2D eigenvalue weighted by molar-refractivity contribution is 5.53. The lowest BCUT2D eigenvalue weighted by atomic mass is 9.74. The standard InChI is InChI=1S/C34H39F4N3O/c1-33(37,38)22-41-16-11-25-17-27(42-20-24-7-3-2-4-8-24)9-10-28(25)32(41)31-29(35)18-26(19-30(31)36)40-15-6-13-34(23-40)12-5-14-39-21-34/h2-4,7-10,17-19,32,39H,5-6,11-16,20-23H2,1H3. The molecule has 3 aromatic carbocycles. The van der Waals surface area contributed by atoms with Crippen LogP contribution in [0, 0.1) is 17.0 Å². The van der Waals surface area contributed by atoms with E-state index in [9.17, 15) is 8.78 Å². The number of alkyl halides is 2. The first-order valence-corrected chi connectivity index (χ1v) is 15.1. The molecular formula is C34H39F4N3O. The molecule has 0 aromatic heterocycles. The van der Waals surface area contributed by atoms with Crippen molar-refractivity contribution >= 4 is 5.69 Å². The SMILES string of the molecule is CC(F)(F)CN1CCc2cc(OCc3ccccc3)ccc2C1c1c(F)cc(N2CCCC3(CCCNC3)C2)cc1F. The average Bonchev–Trinajstić information content (AvgIpc) is 2.97. The van der Waals surface area contributed by atoms with Gasteiger partial charge >= 0.3 is 0 Å². The quantitative estimate of drug-likeness (QED) is 0.301. The van der Waals surface area contributed by atoms with Gasteiger partial charge in [-0.15, -0.1) is 0 Å². The summed E-state index contributed by atoms with van der Waals surface area (Å²) in [7, 11) is 0. The predicted octanol–water partition coefficient (Wildman–Crippen LogP) is 7.12. The third kappa shape index (κ3) is 6.30. The van der Waals surface area contributed by atoms with Crippen LogP contribution in [0.2, 0.25) is 0 Å².